The maximum Gasteiger partial charge on any atom is 0.306 e. The van der Waals surface area contributed by atoms with E-state index in [1.54, 1.807) is 0 Å². The molecule has 0 bridgehead atoms. The fourth-order valence-corrected chi connectivity index (χ4v) is 3.96. The second kappa shape index (κ2) is 15.3. The highest BCUT2D eigenvalue weighted by Gasteiger charge is 2.44. The Morgan fingerprint density at radius 1 is 0.970 bits per heavy atom. The van der Waals surface area contributed by atoms with Crippen LogP contribution in [0.5, 0.6) is 0 Å². The van der Waals surface area contributed by atoms with Crippen LogP contribution in [0.2, 0.25) is 0 Å². The number of aromatic nitrogens is 3. The fourth-order valence-electron chi connectivity index (χ4n) is 3.96. The Morgan fingerprint density at radius 3 is 2.18 bits per heavy atom. The van der Waals surface area contributed by atoms with Gasteiger partial charge in [0, 0.05) is 6.42 Å². The van der Waals surface area contributed by atoms with E-state index in [0.29, 0.717) is 12.1 Å². The first kappa shape index (κ1) is 27.7. The number of ether oxygens (including phenoxy) is 2. The second-order valence-electron chi connectivity index (χ2n) is 8.86. The van der Waals surface area contributed by atoms with Gasteiger partial charge in [0.2, 0.25) is 0 Å². The molecule has 1 aliphatic heterocycles. The molecule has 10 nitrogen and oxygen atoms in total. The molecule has 2 heterocycles. The molecule has 0 saturated carbocycles. The Morgan fingerprint density at radius 2 is 1.58 bits per heavy atom. The van der Waals surface area contributed by atoms with E-state index in [-0.39, 0.29) is 12.6 Å². The average Bonchev–Trinajstić information content (AvgIpc) is 3.28. The number of carbonyl (C=O) groups is 1. The van der Waals surface area contributed by atoms with Crippen LogP contribution >= 0.6 is 0 Å². The molecule has 1 aromatic rings. The fraction of sp³-hybridized carbons (Fsp3) is 0.870. The molecule has 4 N–H and O–H groups in total. The van der Waals surface area contributed by atoms with E-state index in [4.69, 9.17) is 9.47 Å². The quantitative estimate of drug-likeness (QED) is 0.210. The molecule has 2 rings (SSSR count). The van der Waals surface area contributed by atoms with Crippen LogP contribution in [0.4, 0.5) is 0 Å². The maximum atomic E-state index is 12.0. The summed E-state index contributed by atoms with van der Waals surface area (Å²) in [6.45, 7) is 1.64. The van der Waals surface area contributed by atoms with Crippen molar-refractivity contribution < 1.29 is 34.7 Å². The lowest BCUT2D eigenvalue weighted by molar-refractivity contribution is -0.254. The van der Waals surface area contributed by atoms with E-state index in [1.807, 2.05) is 0 Å². The van der Waals surface area contributed by atoms with E-state index in [9.17, 15) is 25.2 Å². The largest absolute Gasteiger partial charge is 0.459 e. The number of aliphatic hydroxyl groups excluding tert-OH is 4. The molecule has 5 atom stereocenters. The first-order valence-corrected chi connectivity index (χ1v) is 12.3. The van der Waals surface area contributed by atoms with Crippen molar-refractivity contribution in [2.75, 3.05) is 6.61 Å². The van der Waals surface area contributed by atoms with E-state index < -0.39 is 37.3 Å². The molecule has 0 unspecified atom stereocenters. The number of carbonyl (C=O) groups excluding carboxylic acids is 1. The summed E-state index contributed by atoms with van der Waals surface area (Å²) in [6, 6.07) is 0. The van der Waals surface area contributed by atoms with Gasteiger partial charge in [-0.2, -0.15) is 0 Å². The molecule has 0 spiro atoms. The maximum absolute atomic E-state index is 12.0. The predicted molar refractivity (Wildman–Crippen MR) is 120 cm³/mol. The van der Waals surface area contributed by atoms with Crippen molar-refractivity contribution in [1.29, 1.82) is 0 Å². The van der Waals surface area contributed by atoms with Crippen LogP contribution in [0.1, 0.15) is 95.9 Å². The number of hydrogen-bond acceptors (Lipinski definition) is 9. The highest BCUT2D eigenvalue weighted by molar-refractivity contribution is 5.69. The molecule has 10 heteroatoms. The lowest BCUT2D eigenvalue weighted by Gasteiger charge is -2.39. The highest BCUT2D eigenvalue weighted by Crippen LogP contribution is 2.27. The van der Waals surface area contributed by atoms with Gasteiger partial charge in [0.05, 0.1) is 12.8 Å². The van der Waals surface area contributed by atoms with Gasteiger partial charge in [0.1, 0.15) is 36.7 Å². The van der Waals surface area contributed by atoms with Gasteiger partial charge in [-0.05, 0) is 6.42 Å². The second-order valence-corrected chi connectivity index (χ2v) is 8.86. The Labute approximate surface area is 195 Å². The first-order chi connectivity index (χ1) is 16.0. The van der Waals surface area contributed by atoms with Crippen molar-refractivity contribution in [2.45, 2.75) is 121 Å². The van der Waals surface area contributed by atoms with Crippen LogP contribution < -0.4 is 0 Å². The van der Waals surface area contributed by atoms with Crippen molar-refractivity contribution in [3.8, 4) is 0 Å². The van der Waals surface area contributed by atoms with Gasteiger partial charge in [0.25, 0.3) is 0 Å². The molecule has 0 aliphatic carbocycles. The zero-order chi connectivity index (χ0) is 24.1. The molecule has 33 heavy (non-hydrogen) atoms. The molecule has 1 aromatic heterocycles. The predicted octanol–water partition coefficient (Wildman–Crippen LogP) is 1.99. The van der Waals surface area contributed by atoms with E-state index in [2.05, 4.69) is 17.2 Å². The summed E-state index contributed by atoms with van der Waals surface area (Å²) in [5.41, 5.74) is 0.360. The molecule has 1 fully saturated rings. The summed E-state index contributed by atoms with van der Waals surface area (Å²) < 4.78 is 11.8. The zero-order valence-electron chi connectivity index (χ0n) is 19.7. The minimum atomic E-state index is -1.50. The molecular formula is C23H41N3O7. The number of unbranched alkanes of at least 4 members (excludes halogenated alkanes) is 10. The van der Waals surface area contributed by atoms with Crippen LogP contribution in [0.25, 0.3) is 0 Å². The molecule has 1 saturated heterocycles. The number of esters is 1. The summed E-state index contributed by atoms with van der Waals surface area (Å²) in [6.07, 6.45) is 8.59. The molecular weight excluding hydrogens is 430 g/mol. The molecule has 1 aliphatic rings. The Balaban J connectivity index is 1.59. The Kier molecular flexibility index (Phi) is 12.9. The van der Waals surface area contributed by atoms with Crippen molar-refractivity contribution in [3.05, 3.63) is 11.9 Å². The van der Waals surface area contributed by atoms with E-state index >= 15 is 0 Å². The van der Waals surface area contributed by atoms with Crippen molar-refractivity contribution >= 4 is 5.97 Å². The van der Waals surface area contributed by atoms with Gasteiger partial charge in [-0.1, -0.05) is 76.3 Å². The molecule has 0 radical (unpaired) electrons. The molecule has 190 valence electrons. The topological polar surface area (TPSA) is 147 Å². The Bertz CT molecular complexity index is 670. The third-order valence-corrected chi connectivity index (χ3v) is 6.05. The van der Waals surface area contributed by atoms with Crippen LogP contribution in [-0.4, -0.2) is 72.4 Å². The first-order valence-electron chi connectivity index (χ1n) is 12.3. The molecule has 0 aromatic carbocycles. The summed E-state index contributed by atoms with van der Waals surface area (Å²) in [5.74, 6) is -0.298. The number of hydrogen-bond donors (Lipinski definition) is 4. The van der Waals surface area contributed by atoms with E-state index in [0.717, 1.165) is 19.3 Å². The van der Waals surface area contributed by atoms with E-state index in [1.165, 1.54) is 62.2 Å². The minimum absolute atomic E-state index is 0.0612. The summed E-state index contributed by atoms with van der Waals surface area (Å²) in [4.78, 5) is 12.0. The number of rotatable bonds is 16. The number of nitrogens with zero attached hydrogens (tertiary/aromatic N) is 3. The monoisotopic (exact) mass is 471 g/mol. The standard InChI is InChI=1S/C23H41N3O7/c1-2-3-4-5-6-7-8-9-10-11-12-13-19(28)32-16-17-14-26(25-24-17)23-22(31)21(30)20(29)18(15-27)33-23/h14,18,20-23,27,29-31H,2-13,15-16H2,1H3/t18-,20-,21+,22-,23-/m1/s1. The van der Waals surface area contributed by atoms with Crippen molar-refractivity contribution in [2.24, 2.45) is 0 Å². The van der Waals surface area contributed by atoms with Gasteiger partial charge in [-0.3, -0.25) is 4.79 Å². The van der Waals surface area contributed by atoms with Crippen molar-refractivity contribution in [1.82, 2.24) is 15.0 Å². The minimum Gasteiger partial charge on any atom is -0.459 e. The zero-order valence-corrected chi connectivity index (χ0v) is 19.7. The highest BCUT2D eigenvalue weighted by atomic mass is 16.6. The van der Waals surface area contributed by atoms with Gasteiger partial charge < -0.3 is 29.9 Å². The lowest BCUT2D eigenvalue weighted by atomic mass is 9.98. The van der Waals surface area contributed by atoms with Gasteiger partial charge in [-0.15, -0.1) is 5.10 Å². The summed E-state index contributed by atoms with van der Waals surface area (Å²) >= 11 is 0. The van der Waals surface area contributed by atoms with Crippen LogP contribution in [0.3, 0.4) is 0 Å². The van der Waals surface area contributed by atoms with Gasteiger partial charge >= 0.3 is 5.97 Å². The smallest absolute Gasteiger partial charge is 0.306 e. The van der Waals surface area contributed by atoms with Crippen LogP contribution in [0.15, 0.2) is 6.20 Å². The van der Waals surface area contributed by atoms with Crippen LogP contribution in [-0.2, 0) is 20.9 Å². The third kappa shape index (κ3) is 9.29. The summed E-state index contributed by atoms with van der Waals surface area (Å²) in [7, 11) is 0. The third-order valence-electron chi connectivity index (χ3n) is 6.05. The Hall–Kier alpha value is -1.59. The van der Waals surface area contributed by atoms with Crippen LogP contribution in [0, 0.1) is 0 Å². The van der Waals surface area contributed by atoms with Gasteiger partial charge in [-0.25, -0.2) is 4.68 Å². The lowest BCUT2D eigenvalue weighted by Crippen LogP contribution is -2.56. The number of aliphatic hydroxyl groups is 4. The normalized spacial score (nSPS) is 25.3. The van der Waals surface area contributed by atoms with Gasteiger partial charge in [0.15, 0.2) is 6.23 Å². The summed E-state index contributed by atoms with van der Waals surface area (Å²) in [5, 5.41) is 46.9. The van der Waals surface area contributed by atoms with Crippen molar-refractivity contribution in [3.63, 3.8) is 0 Å². The SMILES string of the molecule is CCCCCCCCCCCCCC(=O)OCc1cn([C@@H]2O[C@H](CO)[C@@H](O)[C@H](O)[C@H]2O)nn1. The average molecular weight is 472 g/mol. The molecule has 0 amide bonds.